The number of hydrogen-bond donors (Lipinski definition) is 1. The zero-order valence-electron chi connectivity index (χ0n) is 29.3. The van der Waals surface area contributed by atoms with Crippen molar-refractivity contribution < 1.29 is 0 Å². The number of rotatable bonds is 6. The average Bonchev–Trinajstić information content (AvgIpc) is 3.26. The number of para-hydroxylation sites is 1. The average molecular weight is 692 g/mol. The molecule has 0 amide bonds. The highest BCUT2D eigenvalue weighted by molar-refractivity contribution is 6.25. The predicted molar refractivity (Wildman–Crippen MR) is 223 cm³/mol. The quantitative estimate of drug-likeness (QED) is 0.177. The Bertz CT molecular complexity index is 2830. The maximum absolute atomic E-state index is 5.29. The second kappa shape index (κ2) is 13.4. The van der Waals surface area contributed by atoms with Crippen molar-refractivity contribution in [3.05, 3.63) is 205 Å². The van der Waals surface area contributed by atoms with Crippen LogP contribution in [-0.4, -0.2) is 21.6 Å². The van der Waals surface area contributed by atoms with Crippen molar-refractivity contribution in [1.29, 1.82) is 0 Å². The number of amidine groups is 2. The van der Waals surface area contributed by atoms with Crippen LogP contribution in [0.4, 0.5) is 0 Å². The highest BCUT2D eigenvalue weighted by Crippen LogP contribution is 2.43. The van der Waals surface area contributed by atoms with Gasteiger partial charge in [-0.25, -0.2) is 15.0 Å². The molecule has 3 heterocycles. The van der Waals surface area contributed by atoms with Gasteiger partial charge in [0.15, 0.2) is 6.17 Å². The lowest BCUT2D eigenvalue weighted by atomic mass is 9.88. The van der Waals surface area contributed by atoms with Crippen LogP contribution in [0.3, 0.4) is 0 Å². The molecular weight excluding hydrogens is 659 g/mol. The molecule has 0 aliphatic carbocycles. The molecule has 1 aliphatic heterocycles. The zero-order valence-corrected chi connectivity index (χ0v) is 29.3. The van der Waals surface area contributed by atoms with E-state index in [-0.39, 0.29) is 0 Å². The zero-order chi connectivity index (χ0) is 35.8. The summed E-state index contributed by atoms with van der Waals surface area (Å²) >= 11 is 0. The largest absolute Gasteiger partial charge is 0.324 e. The molecule has 54 heavy (non-hydrogen) atoms. The van der Waals surface area contributed by atoms with Gasteiger partial charge in [0.25, 0.3) is 0 Å². The Morgan fingerprint density at radius 2 is 1.00 bits per heavy atom. The van der Waals surface area contributed by atoms with Crippen molar-refractivity contribution in [1.82, 2.24) is 15.3 Å². The Labute approximate surface area is 313 Å². The molecule has 2 aromatic heterocycles. The minimum absolute atomic E-state index is 0.496. The summed E-state index contributed by atoms with van der Waals surface area (Å²) in [6, 6.07) is 61.4. The van der Waals surface area contributed by atoms with Gasteiger partial charge in [0.1, 0.15) is 11.7 Å². The molecule has 9 aromatic rings. The Kier molecular flexibility index (Phi) is 7.81. The molecule has 5 heteroatoms. The van der Waals surface area contributed by atoms with Crippen molar-refractivity contribution in [2.75, 3.05) is 0 Å². The van der Waals surface area contributed by atoms with E-state index >= 15 is 0 Å². The Morgan fingerprint density at radius 3 is 1.67 bits per heavy atom. The molecule has 0 spiro atoms. The van der Waals surface area contributed by atoms with E-state index in [4.69, 9.17) is 15.0 Å². The predicted octanol–water partition coefficient (Wildman–Crippen LogP) is 11.4. The summed E-state index contributed by atoms with van der Waals surface area (Å²) in [5, 5.41) is 9.35. The van der Waals surface area contributed by atoms with Crippen LogP contribution in [0.5, 0.6) is 0 Å². The Balaban J connectivity index is 1.26. The molecule has 1 N–H and O–H groups in total. The van der Waals surface area contributed by atoms with Gasteiger partial charge in [-0.1, -0.05) is 140 Å². The van der Waals surface area contributed by atoms with Gasteiger partial charge in [-0.2, -0.15) is 0 Å². The van der Waals surface area contributed by atoms with E-state index in [0.717, 1.165) is 78.2 Å². The van der Waals surface area contributed by atoms with Crippen molar-refractivity contribution in [2.45, 2.75) is 6.17 Å². The van der Waals surface area contributed by atoms with Gasteiger partial charge in [0, 0.05) is 50.8 Å². The van der Waals surface area contributed by atoms with Crippen LogP contribution in [0, 0.1) is 0 Å². The highest BCUT2D eigenvalue weighted by atomic mass is 15.2. The fourth-order valence-electron chi connectivity index (χ4n) is 7.61. The van der Waals surface area contributed by atoms with E-state index in [1.54, 1.807) is 0 Å². The first kappa shape index (κ1) is 31.5. The monoisotopic (exact) mass is 691 g/mol. The summed E-state index contributed by atoms with van der Waals surface area (Å²) in [7, 11) is 0. The summed E-state index contributed by atoms with van der Waals surface area (Å²) in [6.07, 6.45) is 3.24. The molecule has 0 atom stereocenters. The minimum Gasteiger partial charge on any atom is -0.324 e. The van der Waals surface area contributed by atoms with Crippen LogP contribution in [-0.2, 0) is 0 Å². The number of nitrogens with one attached hydrogen (secondary N) is 1. The highest BCUT2D eigenvalue weighted by Gasteiger charge is 2.23. The first-order chi connectivity index (χ1) is 26.8. The second-order valence-electron chi connectivity index (χ2n) is 13.5. The van der Waals surface area contributed by atoms with Crippen molar-refractivity contribution in [2.24, 2.45) is 9.98 Å². The maximum atomic E-state index is 5.29. The minimum atomic E-state index is -0.496. The molecule has 254 valence electrons. The SMILES string of the molecule is c1ccc(C2=NC(c3cc(-c4cccnc4)cc(-c4cc5c(-c6ccccc6)nc6ccccc6c5c5ccccc45)c3)N=C(c3ccccc3)N2)cc1. The van der Waals surface area contributed by atoms with Crippen molar-refractivity contribution in [3.8, 4) is 33.5 Å². The molecule has 7 aromatic carbocycles. The van der Waals surface area contributed by atoms with Crippen LogP contribution in [0.15, 0.2) is 198 Å². The third-order valence-corrected chi connectivity index (χ3v) is 10.1. The number of nitrogens with zero attached hydrogens (tertiary/aromatic N) is 4. The first-order valence-electron chi connectivity index (χ1n) is 18.2. The number of fused-ring (bicyclic) bond motifs is 5. The molecule has 10 rings (SSSR count). The summed E-state index contributed by atoms with van der Waals surface area (Å²) in [5.74, 6) is 1.56. The van der Waals surface area contributed by atoms with Gasteiger partial charge in [0.05, 0.1) is 11.2 Å². The normalized spacial score (nSPS) is 13.1. The molecule has 0 saturated heterocycles. The van der Waals surface area contributed by atoms with Crippen LogP contribution < -0.4 is 5.32 Å². The van der Waals surface area contributed by atoms with Crippen molar-refractivity contribution >= 4 is 44.1 Å². The lowest BCUT2D eigenvalue weighted by molar-refractivity contribution is 0.756. The van der Waals surface area contributed by atoms with Crippen LogP contribution >= 0.6 is 0 Å². The van der Waals surface area contributed by atoms with E-state index < -0.39 is 6.17 Å². The third kappa shape index (κ3) is 5.69. The number of pyridine rings is 2. The Morgan fingerprint density at radius 1 is 0.426 bits per heavy atom. The number of hydrogen-bond acceptors (Lipinski definition) is 5. The summed E-state index contributed by atoms with van der Waals surface area (Å²) in [6.45, 7) is 0. The first-order valence-corrected chi connectivity index (χ1v) is 18.2. The molecular formula is C49H33N5. The van der Waals surface area contributed by atoms with Crippen molar-refractivity contribution in [3.63, 3.8) is 0 Å². The van der Waals surface area contributed by atoms with Gasteiger partial charge >= 0.3 is 0 Å². The number of aliphatic imine (C=N–C) groups is 2. The van der Waals surface area contributed by atoms with Gasteiger partial charge in [0.2, 0.25) is 0 Å². The second-order valence-corrected chi connectivity index (χ2v) is 13.5. The molecule has 0 bridgehead atoms. The van der Waals surface area contributed by atoms with E-state index in [2.05, 4.69) is 144 Å². The standard InChI is InChI=1S/C49H33N5/c1-4-15-32(16-5-1)46-43-30-42(39-22-10-11-23-40(39)45(43)41-24-12-13-25-44(41)51-46)37-27-36(35-21-14-26-50-31-35)28-38(29-37)49-53-47(33-17-6-2-7-18-33)52-48(54-49)34-19-8-3-9-20-34/h1-31,49H,(H,52,53,54). The number of benzene rings is 7. The van der Waals surface area contributed by atoms with E-state index in [1.165, 1.54) is 16.2 Å². The fourth-order valence-corrected chi connectivity index (χ4v) is 7.61. The molecule has 0 fully saturated rings. The lowest BCUT2D eigenvalue weighted by Crippen LogP contribution is -2.36. The number of aromatic nitrogens is 2. The Hall–Kier alpha value is -7.24. The summed E-state index contributed by atoms with van der Waals surface area (Å²) in [5.41, 5.74) is 10.3. The molecule has 1 aliphatic rings. The topological polar surface area (TPSA) is 62.5 Å². The molecule has 0 radical (unpaired) electrons. The van der Waals surface area contributed by atoms with Crippen LogP contribution in [0.25, 0.3) is 66.0 Å². The van der Waals surface area contributed by atoms with Gasteiger partial charge < -0.3 is 5.32 Å². The van der Waals surface area contributed by atoms with E-state index in [1.807, 2.05) is 54.9 Å². The molecule has 0 saturated carbocycles. The van der Waals surface area contributed by atoms with Gasteiger partial charge in [-0.3, -0.25) is 4.98 Å². The molecule has 0 unspecified atom stereocenters. The van der Waals surface area contributed by atoms with Gasteiger partial charge in [-0.15, -0.1) is 0 Å². The molecule has 5 nitrogen and oxygen atoms in total. The van der Waals surface area contributed by atoms with E-state index in [0.29, 0.717) is 0 Å². The smallest absolute Gasteiger partial charge is 0.169 e. The van der Waals surface area contributed by atoms with Crippen LogP contribution in [0.2, 0.25) is 0 Å². The third-order valence-electron chi connectivity index (χ3n) is 10.1. The van der Waals surface area contributed by atoms with E-state index in [9.17, 15) is 0 Å². The fraction of sp³-hybridized carbons (Fsp3) is 0.0204. The summed E-state index contributed by atoms with van der Waals surface area (Å²) in [4.78, 5) is 20.3. The maximum Gasteiger partial charge on any atom is 0.169 e. The van der Waals surface area contributed by atoms with Crippen LogP contribution in [0.1, 0.15) is 22.9 Å². The lowest BCUT2D eigenvalue weighted by Gasteiger charge is -2.23. The van der Waals surface area contributed by atoms with Gasteiger partial charge in [-0.05, 0) is 69.4 Å². The summed E-state index contributed by atoms with van der Waals surface area (Å²) < 4.78 is 0.